The minimum Gasteiger partial charge on any atom is -0.361 e. The van der Waals surface area contributed by atoms with Gasteiger partial charge >= 0.3 is 0 Å². The molecule has 0 aliphatic heterocycles. The Labute approximate surface area is 195 Å². The van der Waals surface area contributed by atoms with E-state index >= 15 is 0 Å². The van der Waals surface area contributed by atoms with Crippen molar-refractivity contribution in [1.82, 2.24) is 14.6 Å². The Hall–Kier alpha value is -2.65. The van der Waals surface area contributed by atoms with Crippen molar-refractivity contribution in [2.75, 3.05) is 20.1 Å². The van der Waals surface area contributed by atoms with Gasteiger partial charge in [0.25, 0.3) is 0 Å². The van der Waals surface area contributed by atoms with Crippen LogP contribution in [-0.2, 0) is 14.8 Å². The number of nitrogens with zero attached hydrogens (tertiary/aromatic N) is 1. The molecule has 1 atom stereocenters. The first kappa shape index (κ1) is 22.5. The zero-order chi connectivity index (χ0) is 22.7. The summed E-state index contributed by atoms with van der Waals surface area (Å²) in [5.41, 5.74) is 2.12. The molecule has 0 aliphatic rings. The Bertz CT molecular complexity index is 1320. The molecule has 0 spiro atoms. The van der Waals surface area contributed by atoms with Crippen molar-refractivity contribution in [2.45, 2.75) is 10.8 Å². The number of benzene rings is 2. The highest BCUT2D eigenvalue weighted by atomic mass is 35.5. The normalized spacial score (nSPS) is 12.8. The van der Waals surface area contributed by atoms with Crippen molar-refractivity contribution >= 4 is 49.8 Å². The summed E-state index contributed by atoms with van der Waals surface area (Å²) in [6.07, 6.45) is 1.97. The van der Waals surface area contributed by atoms with Crippen LogP contribution in [0.15, 0.2) is 77.1 Å². The number of aromatic amines is 1. The zero-order valence-electron chi connectivity index (χ0n) is 17.3. The lowest BCUT2D eigenvalue weighted by atomic mass is 9.96. The molecule has 0 saturated heterocycles. The van der Waals surface area contributed by atoms with Crippen molar-refractivity contribution in [3.63, 3.8) is 0 Å². The number of halogens is 1. The van der Waals surface area contributed by atoms with Gasteiger partial charge in [-0.25, -0.2) is 8.42 Å². The van der Waals surface area contributed by atoms with Crippen molar-refractivity contribution in [3.05, 3.63) is 87.7 Å². The quantitative estimate of drug-likeness (QED) is 0.385. The predicted molar refractivity (Wildman–Crippen MR) is 129 cm³/mol. The lowest BCUT2D eigenvalue weighted by Gasteiger charge is -2.19. The summed E-state index contributed by atoms with van der Waals surface area (Å²) in [7, 11) is -2.40. The number of para-hydroxylation sites is 1. The number of aromatic nitrogens is 1. The van der Waals surface area contributed by atoms with E-state index in [2.05, 4.69) is 16.4 Å². The fourth-order valence-corrected chi connectivity index (χ4v) is 5.68. The van der Waals surface area contributed by atoms with Crippen molar-refractivity contribution in [2.24, 2.45) is 0 Å². The van der Waals surface area contributed by atoms with E-state index in [1.165, 1.54) is 31.3 Å². The number of hydrogen-bond donors (Lipinski definition) is 2. The molecular formula is C23H22ClN3O3S2. The first-order chi connectivity index (χ1) is 15.4. The first-order valence-corrected chi connectivity index (χ1v) is 12.6. The van der Waals surface area contributed by atoms with Crippen LogP contribution < -0.4 is 5.32 Å². The van der Waals surface area contributed by atoms with Crippen LogP contribution in [-0.4, -0.2) is 43.8 Å². The highest BCUT2D eigenvalue weighted by Crippen LogP contribution is 2.32. The van der Waals surface area contributed by atoms with Gasteiger partial charge in [0.05, 0.1) is 11.4 Å². The van der Waals surface area contributed by atoms with E-state index in [1.807, 2.05) is 41.9 Å². The Morgan fingerprint density at radius 3 is 2.59 bits per heavy atom. The minimum atomic E-state index is -3.79. The molecular weight excluding hydrogens is 466 g/mol. The number of thiophene rings is 1. The number of carbonyl (C=O) groups excluding carboxylic acids is 1. The molecule has 0 fully saturated rings. The van der Waals surface area contributed by atoms with Crippen LogP contribution in [0.25, 0.3) is 10.9 Å². The number of fused-ring (bicyclic) bond motifs is 1. The van der Waals surface area contributed by atoms with E-state index in [9.17, 15) is 13.2 Å². The molecule has 2 aromatic heterocycles. The number of carbonyl (C=O) groups is 1. The smallest absolute Gasteiger partial charge is 0.243 e. The maximum atomic E-state index is 12.7. The average molecular weight is 488 g/mol. The Morgan fingerprint density at radius 1 is 1.12 bits per heavy atom. The molecule has 4 aromatic rings. The topological polar surface area (TPSA) is 82.3 Å². The van der Waals surface area contributed by atoms with Gasteiger partial charge in [-0.1, -0.05) is 35.9 Å². The van der Waals surface area contributed by atoms with Gasteiger partial charge in [-0.05, 0) is 47.3 Å². The van der Waals surface area contributed by atoms with Gasteiger partial charge < -0.3 is 10.3 Å². The summed E-state index contributed by atoms with van der Waals surface area (Å²) >= 11 is 7.47. The standard InChI is InChI=1S/C23H22ClN3O3S2/c1-27(32(29,30)17-10-8-16(24)9-11-17)15-23(28)26-14-20(22-7-4-12-31-22)19-13-25-21-6-3-2-5-18(19)21/h2-13,20,25H,14-15H2,1H3,(H,26,28)/t20-/m0/s1. The van der Waals surface area contributed by atoms with Crippen molar-refractivity contribution in [1.29, 1.82) is 0 Å². The SMILES string of the molecule is CN(CC(=O)NC[C@H](c1cccs1)c1c[nH]c2ccccc12)S(=O)(=O)c1ccc(Cl)cc1. The number of rotatable bonds is 8. The molecule has 2 heterocycles. The molecule has 32 heavy (non-hydrogen) atoms. The van der Waals surface area contributed by atoms with E-state index < -0.39 is 10.0 Å². The summed E-state index contributed by atoms with van der Waals surface area (Å²) < 4.78 is 26.5. The highest BCUT2D eigenvalue weighted by molar-refractivity contribution is 7.89. The van der Waals surface area contributed by atoms with Gasteiger partial charge in [0.2, 0.25) is 15.9 Å². The van der Waals surface area contributed by atoms with Crippen LogP contribution in [0, 0.1) is 0 Å². The molecule has 0 radical (unpaired) electrons. The van der Waals surface area contributed by atoms with Crippen LogP contribution >= 0.6 is 22.9 Å². The molecule has 0 bridgehead atoms. The molecule has 0 saturated carbocycles. The first-order valence-electron chi connectivity index (χ1n) is 9.94. The third kappa shape index (κ3) is 4.73. The predicted octanol–water partition coefficient (Wildman–Crippen LogP) is 4.45. The van der Waals surface area contributed by atoms with E-state index in [1.54, 1.807) is 11.3 Å². The van der Waals surface area contributed by atoms with Crippen LogP contribution in [0.5, 0.6) is 0 Å². The third-order valence-electron chi connectivity index (χ3n) is 5.27. The molecule has 9 heteroatoms. The molecule has 0 unspecified atom stereocenters. The van der Waals surface area contributed by atoms with Gasteiger partial charge in [-0.2, -0.15) is 4.31 Å². The number of hydrogen-bond acceptors (Lipinski definition) is 4. The number of nitrogens with one attached hydrogen (secondary N) is 2. The molecule has 6 nitrogen and oxygen atoms in total. The lowest BCUT2D eigenvalue weighted by Crippen LogP contribution is -2.39. The number of amides is 1. The second-order valence-electron chi connectivity index (χ2n) is 7.38. The summed E-state index contributed by atoms with van der Waals surface area (Å²) in [6.45, 7) is 0.0754. The van der Waals surface area contributed by atoms with Crippen molar-refractivity contribution in [3.8, 4) is 0 Å². The van der Waals surface area contributed by atoms with Gasteiger partial charge in [0.15, 0.2) is 0 Å². The fraction of sp³-hybridized carbons (Fsp3) is 0.174. The molecule has 2 aromatic carbocycles. The average Bonchev–Trinajstić information content (AvgIpc) is 3.45. The van der Waals surface area contributed by atoms with Gasteiger partial charge in [0, 0.05) is 46.5 Å². The van der Waals surface area contributed by atoms with Crippen LogP contribution in [0.4, 0.5) is 0 Å². The molecule has 166 valence electrons. The zero-order valence-corrected chi connectivity index (χ0v) is 19.7. The number of likely N-dealkylation sites (N-methyl/N-ethyl adjacent to an activating group) is 1. The molecule has 0 aliphatic carbocycles. The number of H-pyrrole nitrogens is 1. The lowest BCUT2D eigenvalue weighted by molar-refractivity contribution is -0.121. The minimum absolute atomic E-state index is 0.0479. The van der Waals surface area contributed by atoms with Crippen LogP contribution in [0.1, 0.15) is 16.4 Å². The summed E-state index contributed by atoms with van der Waals surface area (Å²) in [5.74, 6) is -0.417. The maximum absolute atomic E-state index is 12.7. The molecule has 1 amide bonds. The van der Waals surface area contributed by atoms with E-state index in [0.29, 0.717) is 11.6 Å². The monoisotopic (exact) mass is 487 g/mol. The van der Waals surface area contributed by atoms with Gasteiger partial charge in [-0.3, -0.25) is 4.79 Å². The molecule has 2 N–H and O–H groups in total. The largest absolute Gasteiger partial charge is 0.361 e. The summed E-state index contributed by atoms with van der Waals surface area (Å²) in [6, 6.07) is 17.9. The second kappa shape index (κ2) is 9.46. The van der Waals surface area contributed by atoms with E-state index in [4.69, 9.17) is 11.6 Å². The molecule has 4 rings (SSSR count). The van der Waals surface area contributed by atoms with Crippen LogP contribution in [0.2, 0.25) is 5.02 Å². The van der Waals surface area contributed by atoms with E-state index in [-0.39, 0.29) is 23.3 Å². The maximum Gasteiger partial charge on any atom is 0.243 e. The number of sulfonamides is 1. The van der Waals surface area contributed by atoms with Crippen LogP contribution in [0.3, 0.4) is 0 Å². The summed E-state index contributed by atoms with van der Waals surface area (Å²) in [4.78, 5) is 17.2. The van der Waals surface area contributed by atoms with Gasteiger partial charge in [-0.15, -0.1) is 11.3 Å². The third-order valence-corrected chi connectivity index (χ3v) is 8.33. The highest BCUT2D eigenvalue weighted by Gasteiger charge is 2.24. The van der Waals surface area contributed by atoms with Crippen molar-refractivity contribution < 1.29 is 13.2 Å². The Balaban J connectivity index is 1.48. The summed E-state index contributed by atoms with van der Waals surface area (Å²) in [5, 5.41) is 6.46. The van der Waals surface area contributed by atoms with Gasteiger partial charge in [0.1, 0.15) is 0 Å². The van der Waals surface area contributed by atoms with E-state index in [0.717, 1.165) is 25.6 Å². The Morgan fingerprint density at radius 2 is 1.88 bits per heavy atom. The Kier molecular flexibility index (Phi) is 6.66. The second-order valence-corrected chi connectivity index (χ2v) is 10.8. The fourth-order valence-electron chi connectivity index (χ4n) is 3.58.